The van der Waals surface area contributed by atoms with Crippen LogP contribution in [0.25, 0.3) is 22.3 Å². The van der Waals surface area contributed by atoms with Gasteiger partial charge in [0, 0.05) is 28.9 Å². The van der Waals surface area contributed by atoms with Gasteiger partial charge in [-0.15, -0.1) is 0 Å². The molecule has 0 spiro atoms. The van der Waals surface area contributed by atoms with Crippen LogP contribution in [-0.2, 0) is 6.54 Å². The largest absolute Gasteiger partial charge is 0.365 e. The Bertz CT molecular complexity index is 1090. The second kappa shape index (κ2) is 6.39. The molecule has 0 amide bonds. The fraction of sp³-hybridized carbons (Fsp3) is 0.429. The van der Waals surface area contributed by atoms with E-state index in [2.05, 4.69) is 11.8 Å². The van der Waals surface area contributed by atoms with Crippen molar-refractivity contribution >= 4 is 39.9 Å². The maximum atomic E-state index is 8.76. The summed E-state index contributed by atoms with van der Waals surface area (Å²) in [5.74, 6) is 0.747. The number of aryl methyl sites for hydroxylation is 1. The number of hydrogen-bond acceptors (Lipinski definition) is 3. The molecule has 5 rings (SSSR count). The van der Waals surface area contributed by atoms with Crippen LogP contribution in [0.15, 0.2) is 24.2 Å². The van der Waals surface area contributed by atoms with Crippen molar-refractivity contribution in [1.82, 2.24) is 14.8 Å². The smallest absolute Gasteiger partial charge is 0.120 e. The van der Waals surface area contributed by atoms with Crippen LogP contribution in [-0.4, -0.2) is 27.4 Å². The van der Waals surface area contributed by atoms with E-state index in [-0.39, 0.29) is 0 Å². The fourth-order valence-corrected chi connectivity index (χ4v) is 4.57. The number of anilines is 1. The summed E-state index contributed by atoms with van der Waals surface area (Å²) in [5, 5.41) is 6.07. The van der Waals surface area contributed by atoms with Gasteiger partial charge in [-0.1, -0.05) is 30.1 Å². The van der Waals surface area contributed by atoms with Crippen LogP contribution < -0.4 is 4.90 Å². The SMILES string of the molecule is [3H]c1c(C)nc2c(-c3ccc(Cl)cc3Cl)nn3c2c1N(CC1CC1)[C@@H](CC)C3. The molecule has 1 atom stereocenters. The van der Waals surface area contributed by atoms with E-state index in [1.54, 1.807) is 6.07 Å². The molecule has 0 radical (unpaired) electrons. The molecule has 0 N–H and O–H groups in total. The van der Waals surface area contributed by atoms with Gasteiger partial charge in [-0.3, -0.25) is 4.68 Å². The zero-order chi connectivity index (χ0) is 19.6. The minimum Gasteiger partial charge on any atom is -0.365 e. The predicted octanol–water partition coefficient (Wildman–Crippen LogP) is 5.72. The Labute approximate surface area is 170 Å². The minimum absolute atomic E-state index is 0.343. The Hall–Kier alpha value is -1.78. The Morgan fingerprint density at radius 1 is 1.30 bits per heavy atom. The van der Waals surface area contributed by atoms with E-state index in [9.17, 15) is 0 Å². The van der Waals surface area contributed by atoms with E-state index in [0.29, 0.717) is 22.1 Å². The Kier molecular flexibility index (Phi) is 3.83. The van der Waals surface area contributed by atoms with Crippen molar-refractivity contribution in [1.29, 1.82) is 0 Å². The first-order valence-electron chi connectivity index (χ1n) is 10.1. The number of rotatable bonds is 4. The van der Waals surface area contributed by atoms with E-state index in [1.165, 1.54) is 12.8 Å². The molecule has 27 heavy (non-hydrogen) atoms. The van der Waals surface area contributed by atoms with Gasteiger partial charge in [0.05, 0.1) is 18.6 Å². The van der Waals surface area contributed by atoms with Gasteiger partial charge in [0.25, 0.3) is 0 Å². The van der Waals surface area contributed by atoms with Crippen molar-refractivity contribution in [3.63, 3.8) is 0 Å². The zero-order valence-electron chi connectivity index (χ0n) is 16.5. The minimum atomic E-state index is 0.343. The number of benzene rings is 1. The highest BCUT2D eigenvalue weighted by molar-refractivity contribution is 6.36. The Morgan fingerprint density at radius 3 is 2.81 bits per heavy atom. The molecule has 0 saturated heterocycles. The summed E-state index contributed by atoms with van der Waals surface area (Å²) >= 11 is 12.6. The van der Waals surface area contributed by atoms with Crippen LogP contribution in [0.3, 0.4) is 0 Å². The molecule has 1 saturated carbocycles. The molecule has 3 heterocycles. The molecule has 6 heteroatoms. The van der Waals surface area contributed by atoms with Gasteiger partial charge < -0.3 is 4.90 Å². The molecule has 1 fully saturated rings. The molecule has 0 bridgehead atoms. The Balaban J connectivity index is 1.77. The van der Waals surface area contributed by atoms with Crippen LogP contribution in [0.1, 0.15) is 33.3 Å². The van der Waals surface area contributed by atoms with Gasteiger partial charge in [0.2, 0.25) is 0 Å². The molecule has 1 aromatic carbocycles. The lowest BCUT2D eigenvalue weighted by atomic mass is 10.1. The normalized spacial score (nSPS) is 19.6. The lowest BCUT2D eigenvalue weighted by Gasteiger charge is -2.37. The number of nitrogens with zero attached hydrogens (tertiary/aromatic N) is 4. The molecule has 1 aliphatic carbocycles. The average Bonchev–Trinajstić information content (AvgIpc) is 3.41. The highest BCUT2D eigenvalue weighted by atomic mass is 35.5. The topological polar surface area (TPSA) is 34.0 Å². The fourth-order valence-electron chi connectivity index (χ4n) is 4.07. The molecular weight excluding hydrogens is 379 g/mol. The number of aromatic nitrogens is 3. The third-order valence-corrected chi connectivity index (χ3v) is 6.20. The predicted molar refractivity (Wildman–Crippen MR) is 112 cm³/mol. The third kappa shape index (κ3) is 2.90. The summed E-state index contributed by atoms with van der Waals surface area (Å²) in [4.78, 5) is 7.22. The van der Waals surface area contributed by atoms with E-state index in [0.717, 1.165) is 59.1 Å². The Morgan fingerprint density at radius 2 is 2.11 bits per heavy atom. The van der Waals surface area contributed by atoms with Gasteiger partial charge in [-0.05, 0) is 56.3 Å². The highest BCUT2D eigenvalue weighted by Gasteiger charge is 2.34. The highest BCUT2D eigenvalue weighted by Crippen LogP contribution is 2.42. The summed E-state index contributed by atoms with van der Waals surface area (Å²) in [5.41, 5.74) is 5.09. The van der Waals surface area contributed by atoms with Gasteiger partial charge in [0.15, 0.2) is 0 Å². The first-order chi connectivity index (χ1) is 13.5. The summed E-state index contributed by atoms with van der Waals surface area (Å²) in [6.45, 7) is 5.95. The second-order valence-corrected chi connectivity index (χ2v) is 8.52. The van der Waals surface area contributed by atoms with Crippen LogP contribution in [0.4, 0.5) is 5.69 Å². The molecule has 2 aliphatic rings. The van der Waals surface area contributed by atoms with Gasteiger partial charge in [-0.25, -0.2) is 4.98 Å². The lowest BCUT2D eigenvalue weighted by Crippen LogP contribution is -2.42. The van der Waals surface area contributed by atoms with Crippen molar-refractivity contribution in [3.05, 3.63) is 40.0 Å². The van der Waals surface area contributed by atoms with Gasteiger partial charge >= 0.3 is 0 Å². The molecule has 140 valence electrons. The molecule has 2 aromatic heterocycles. The van der Waals surface area contributed by atoms with Crippen LogP contribution in [0.2, 0.25) is 10.0 Å². The van der Waals surface area contributed by atoms with E-state index in [1.807, 2.05) is 23.7 Å². The van der Waals surface area contributed by atoms with E-state index in [4.69, 9.17) is 34.7 Å². The van der Waals surface area contributed by atoms with Crippen molar-refractivity contribution < 1.29 is 1.37 Å². The standard InChI is InChI=1S/C21H22Cl2N4/c1-3-15-11-27-21-18(26(15)10-13-4-5-13)8-12(2)24-20(21)19(25-27)16-7-6-14(22)9-17(16)23/h6-9,13,15H,3-5,10-11H2,1-2H3/t15-/m0/s1/i8T. The van der Waals surface area contributed by atoms with E-state index < -0.39 is 0 Å². The molecule has 0 unspecified atom stereocenters. The van der Waals surface area contributed by atoms with Crippen molar-refractivity contribution in [2.75, 3.05) is 11.4 Å². The number of pyridine rings is 1. The first-order valence-corrected chi connectivity index (χ1v) is 10.3. The first kappa shape index (κ1) is 16.2. The van der Waals surface area contributed by atoms with Crippen molar-refractivity contribution in [2.45, 2.75) is 45.7 Å². The summed E-state index contributed by atoms with van der Waals surface area (Å²) in [6.07, 6.45) is 3.60. The molecule has 3 aromatic rings. The monoisotopic (exact) mass is 402 g/mol. The average molecular weight is 403 g/mol. The third-order valence-electron chi connectivity index (χ3n) is 5.65. The maximum Gasteiger partial charge on any atom is 0.120 e. The van der Waals surface area contributed by atoms with Crippen molar-refractivity contribution in [2.24, 2.45) is 5.92 Å². The molecular formula is C21H22Cl2N4. The summed E-state index contributed by atoms with van der Waals surface area (Å²) in [6, 6.07) is 6.33. The second-order valence-electron chi connectivity index (χ2n) is 7.68. The zero-order valence-corrected chi connectivity index (χ0v) is 17.0. The summed E-state index contributed by atoms with van der Waals surface area (Å²) in [7, 11) is 0. The number of halogens is 2. The van der Waals surface area contributed by atoms with Gasteiger partial charge in [-0.2, -0.15) is 5.10 Å². The summed E-state index contributed by atoms with van der Waals surface area (Å²) < 4.78 is 10.8. The molecule has 1 aliphatic heterocycles. The van der Waals surface area contributed by atoms with Gasteiger partial charge in [0.1, 0.15) is 16.7 Å². The van der Waals surface area contributed by atoms with Crippen molar-refractivity contribution in [3.8, 4) is 11.3 Å². The van der Waals surface area contributed by atoms with E-state index >= 15 is 0 Å². The van der Waals surface area contributed by atoms with Crippen LogP contribution in [0, 0.1) is 12.8 Å². The molecule has 4 nitrogen and oxygen atoms in total. The lowest BCUT2D eigenvalue weighted by molar-refractivity contribution is 0.453. The quantitative estimate of drug-likeness (QED) is 0.559. The van der Waals surface area contributed by atoms with Crippen LogP contribution in [0.5, 0.6) is 0 Å². The number of hydrogen-bond donors (Lipinski definition) is 0. The van der Waals surface area contributed by atoms with Crippen LogP contribution >= 0.6 is 23.2 Å². The maximum absolute atomic E-state index is 8.76.